The molecule has 0 saturated carbocycles. The minimum Gasteiger partial charge on any atom is -0.340 e. The first-order valence-electron chi connectivity index (χ1n) is 6.31. The van der Waals surface area contributed by atoms with Gasteiger partial charge in [0.1, 0.15) is 11.5 Å². The molecule has 0 aliphatic heterocycles. The number of amides is 1. The zero-order valence-electron chi connectivity index (χ0n) is 11.6. The number of aromatic nitrogens is 1. The Morgan fingerprint density at radius 2 is 2.05 bits per heavy atom. The van der Waals surface area contributed by atoms with E-state index in [0.29, 0.717) is 11.4 Å². The van der Waals surface area contributed by atoms with E-state index >= 15 is 0 Å². The van der Waals surface area contributed by atoms with E-state index in [-0.39, 0.29) is 17.8 Å². The summed E-state index contributed by atoms with van der Waals surface area (Å²) in [6.07, 6.45) is 1.87. The van der Waals surface area contributed by atoms with Gasteiger partial charge in [0, 0.05) is 29.4 Å². The number of anilines is 1. The van der Waals surface area contributed by atoms with Crippen LogP contribution in [0.2, 0.25) is 0 Å². The Morgan fingerprint density at radius 1 is 1.35 bits per heavy atom. The van der Waals surface area contributed by atoms with E-state index in [1.807, 2.05) is 24.6 Å². The van der Waals surface area contributed by atoms with Crippen LogP contribution in [0, 0.1) is 5.82 Å². The van der Waals surface area contributed by atoms with Crippen LogP contribution < -0.4 is 4.90 Å². The highest BCUT2D eigenvalue weighted by atomic mass is 79.9. The predicted octanol–water partition coefficient (Wildman–Crippen LogP) is 4.25. The molecule has 0 aliphatic carbocycles. The molecule has 2 rings (SSSR count). The minimum absolute atomic E-state index is 0.168. The Balaban J connectivity index is 2.36. The topological polar surface area (TPSA) is 25.2 Å². The Bertz CT molecular complexity index is 637. The average molecular weight is 339 g/mol. The molecule has 2 aromatic rings. The maximum Gasteiger partial charge on any atom is 0.274 e. The molecular formula is C15H16BrFN2O. The first kappa shape index (κ1) is 14.8. The van der Waals surface area contributed by atoms with Gasteiger partial charge in [0.15, 0.2) is 0 Å². The van der Waals surface area contributed by atoms with Crippen molar-refractivity contribution in [2.75, 3.05) is 11.9 Å². The van der Waals surface area contributed by atoms with Crippen LogP contribution in [-0.4, -0.2) is 17.5 Å². The summed E-state index contributed by atoms with van der Waals surface area (Å²) in [6.45, 7) is 4.01. The number of carbonyl (C=O) groups excluding carboxylic acids is 1. The lowest BCUT2D eigenvalue weighted by atomic mass is 10.2. The van der Waals surface area contributed by atoms with Gasteiger partial charge < -0.3 is 9.47 Å². The van der Waals surface area contributed by atoms with Crippen molar-refractivity contribution in [3.8, 4) is 0 Å². The third kappa shape index (κ3) is 2.93. The van der Waals surface area contributed by atoms with Gasteiger partial charge in [0.25, 0.3) is 5.91 Å². The maximum atomic E-state index is 13.3. The lowest BCUT2D eigenvalue weighted by Gasteiger charge is -2.20. The number of benzene rings is 1. The molecule has 0 spiro atoms. The second-order valence-electron chi connectivity index (χ2n) is 4.89. The monoisotopic (exact) mass is 338 g/mol. The average Bonchev–Trinajstić information content (AvgIpc) is 2.79. The van der Waals surface area contributed by atoms with Gasteiger partial charge in [-0.1, -0.05) is 6.07 Å². The zero-order chi connectivity index (χ0) is 14.9. The molecule has 0 radical (unpaired) electrons. The largest absolute Gasteiger partial charge is 0.340 e. The fourth-order valence-corrected chi connectivity index (χ4v) is 2.46. The van der Waals surface area contributed by atoms with Crippen molar-refractivity contribution < 1.29 is 9.18 Å². The van der Waals surface area contributed by atoms with Crippen molar-refractivity contribution in [2.24, 2.45) is 0 Å². The van der Waals surface area contributed by atoms with E-state index < -0.39 is 0 Å². The molecule has 1 heterocycles. The molecule has 3 nitrogen and oxygen atoms in total. The standard InChI is InChI=1S/C15H16BrFN2O/c1-10(2)19-9-11(16)7-14(19)15(20)18(3)13-6-4-5-12(17)8-13/h4-10H,1-3H3. The van der Waals surface area contributed by atoms with Crippen LogP contribution in [0.3, 0.4) is 0 Å². The molecule has 106 valence electrons. The highest BCUT2D eigenvalue weighted by molar-refractivity contribution is 9.10. The predicted molar refractivity (Wildman–Crippen MR) is 81.7 cm³/mol. The summed E-state index contributed by atoms with van der Waals surface area (Å²) in [6, 6.07) is 7.94. The number of carbonyl (C=O) groups is 1. The van der Waals surface area contributed by atoms with Crippen LogP contribution in [0.15, 0.2) is 41.0 Å². The number of rotatable bonds is 3. The smallest absolute Gasteiger partial charge is 0.274 e. The van der Waals surface area contributed by atoms with Crippen molar-refractivity contribution >= 4 is 27.5 Å². The fourth-order valence-electron chi connectivity index (χ4n) is 2.02. The van der Waals surface area contributed by atoms with Gasteiger partial charge in [-0.2, -0.15) is 0 Å². The van der Waals surface area contributed by atoms with E-state index in [2.05, 4.69) is 15.9 Å². The van der Waals surface area contributed by atoms with Crippen molar-refractivity contribution in [3.05, 3.63) is 52.5 Å². The summed E-state index contributed by atoms with van der Waals surface area (Å²) < 4.78 is 16.0. The van der Waals surface area contributed by atoms with Gasteiger partial charge in [-0.05, 0) is 54.0 Å². The van der Waals surface area contributed by atoms with Crippen molar-refractivity contribution in [3.63, 3.8) is 0 Å². The summed E-state index contributed by atoms with van der Waals surface area (Å²) in [5.74, 6) is -0.530. The quantitative estimate of drug-likeness (QED) is 0.821. The second-order valence-corrected chi connectivity index (χ2v) is 5.80. The summed E-state index contributed by atoms with van der Waals surface area (Å²) in [5, 5.41) is 0. The van der Waals surface area contributed by atoms with Crippen LogP contribution in [0.25, 0.3) is 0 Å². The zero-order valence-corrected chi connectivity index (χ0v) is 13.2. The van der Waals surface area contributed by atoms with Crippen molar-refractivity contribution in [2.45, 2.75) is 19.9 Å². The van der Waals surface area contributed by atoms with Gasteiger partial charge >= 0.3 is 0 Å². The summed E-state index contributed by atoms with van der Waals surface area (Å²) in [5.41, 5.74) is 1.10. The van der Waals surface area contributed by atoms with Crippen LogP contribution >= 0.6 is 15.9 Å². The molecule has 1 aromatic heterocycles. The molecule has 1 aromatic carbocycles. The number of hydrogen-bond acceptors (Lipinski definition) is 1. The van der Waals surface area contributed by atoms with E-state index in [9.17, 15) is 9.18 Å². The lowest BCUT2D eigenvalue weighted by Crippen LogP contribution is -2.28. The normalized spacial score (nSPS) is 10.9. The molecular weight excluding hydrogens is 323 g/mol. The number of nitrogens with zero attached hydrogens (tertiary/aromatic N) is 2. The van der Waals surface area contributed by atoms with Gasteiger partial charge in [-0.15, -0.1) is 0 Å². The van der Waals surface area contributed by atoms with E-state index in [1.54, 1.807) is 25.2 Å². The van der Waals surface area contributed by atoms with Crippen molar-refractivity contribution in [1.29, 1.82) is 0 Å². The first-order valence-corrected chi connectivity index (χ1v) is 7.10. The molecule has 0 aliphatic rings. The summed E-state index contributed by atoms with van der Waals surface area (Å²) in [4.78, 5) is 14.0. The third-order valence-corrected chi connectivity index (χ3v) is 3.52. The number of hydrogen-bond donors (Lipinski definition) is 0. The Hall–Kier alpha value is -1.62. The van der Waals surface area contributed by atoms with Crippen LogP contribution in [0.1, 0.15) is 30.4 Å². The van der Waals surface area contributed by atoms with Crippen molar-refractivity contribution in [1.82, 2.24) is 4.57 Å². The van der Waals surface area contributed by atoms with Gasteiger partial charge in [-0.25, -0.2) is 4.39 Å². The van der Waals surface area contributed by atoms with E-state index in [1.165, 1.54) is 17.0 Å². The second kappa shape index (κ2) is 5.79. The Labute approximate surface area is 126 Å². The summed E-state index contributed by atoms with van der Waals surface area (Å²) >= 11 is 3.39. The SMILES string of the molecule is CC(C)n1cc(Br)cc1C(=O)N(C)c1cccc(F)c1. The van der Waals surface area contributed by atoms with Crippen LogP contribution in [-0.2, 0) is 0 Å². The Morgan fingerprint density at radius 3 is 2.65 bits per heavy atom. The van der Waals surface area contributed by atoms with E-state index in [4.69, 9.17) is 0 Å². The molecule has 0 N–H and O–H groups in total. The molecule has 20 heavy (non-hydrogen) atoms. The third-order valence-electron chi connectivity index (χ3n) is 3.09. The fraction of sp³-hybridized carbons (Fsp3) is 0.267. The molecule has 0 bridgehead atoms. The van der Waals surface area contributed by atoms with Gasteiger partial charge in [-0.3, -0.25) is 4.79 Å². The van der Waals surface area contributed by atoms with Gasteiger partial charge in [0.05, 0.1) is 0 Å². The van der Waals surface area contributed by atoms with E-state index in [0.717, 1.165) is 4.47 Å². The molecule has 5 heteroatoms. The van der Waals surface area contributed by atoms with Crippen LogP contribution in [0.5, 0.6) is 0 Å². The minimum atomic E-state index is -0.359. The first-order chi connectivity index (χ1) is 9.40. The molecule has 1 amide bonds. The molecule has 0 saturated heterocycles. The number of halogens is 2. The molecule has 0 fully saturated rings. The Kier molecular flexibility index (Phi) is 4.28. The maximum absolute atomic E-state index is 13.3. The highest BCUT2D eigenvalue weighted by Gasteiger charge is 2.19. The summed E-state index contributed by atoms with van der Waals surface area (Å²) in [7, 11) is 1.64. The molecule has 0 unspecified atom stereocenters. The highest BCUT2D eigenvalue weighted by Crippen LogP contribution is 2.23. The van der Waals surface area contributed by atoms with Crippen LogP contribution in [0.4, 0.5) is 10.1 Å². The van der Waals surface area contributed by atoms with Gasteiger partial charge in [0.2, 0.25) is 0 Å². The molecule has 0 atom stereocenters. The lowest BCUT2D eigenvalue weighted by molar-refractivity contribution is 0.0982.